The molecule has 2 heterocycles. The van der Waals surface area contributed by atoms with Crippen LogP contribution in [0.5, 0.6) is 11.5 Å². The van der Waals surface area contributed by atoms with Crippen LogP contribution in [0.15, 0.2) is 60.7 Å². The lowest BCUT2D eigenvalue weighted by Crippen LogP contribution is -2.14. The summed E-state index contributed by atoms with van der Waals surface area (Å²) in [7, 11) is 0. The molecule has 0 fully saturated rings. The monoisotopic (exact) mass is 376 g/mol. The highest BCUT2D eigenvalue weighted by molar-refractivity contribution is 6.03. The molecule has 5 nitrogen and oxygen atoms in total. The number of fused-ring (bicyclic) bond motifs is 2. The molecule has 0 aromatic heterocycles. The molecule has 2 N–H and O–H groups in total. The molecule has 1 unspecified atom stereocenters. The Hall–Kier alpha value is -3.54. The van der Waals surface area contributed by atoms with Crippen LogP contribution in [0.2, 0.25) is 0 Å². The number of halogens is 1. The van der Waals surface area contributed by atoms with E-state index in [1.165, 1.54) is 12.1 Å². The lowest BCUT2D eigenvalue weighted by Gasteiger charge is -2.12. The summed E-state index contributed by atoms with van der Waals surface area (Å²) in [5.74, 6) is 0.851. The highest BCUT2D eigenvalue weighted by Gasteiger charge is 2.31. The van der Waals surface area contributed by atoms with E-state index in [0.717, 1.165) is 33.9 Å². The number of carbonyl (C=O) groups is 1. The molecule has 5 rings (SSSR count). The molecular weight excluding hydrogens is 359 g/mol. The Labute approximate surface area is 161 Å². The van der Waals surface area contributed by atoms with Crippen LogP contribution < -0.4 is 20.1 Å². The Morgan fingerprint density at radius 1 is 0.964 bits per heavy atom. The summed E-state index contributed by atoms with van der Waals surface area (Å²) in [6.45, 7) is 0.226. The molecule has 2 aliphatic heterocycles. The van der Waals surface area contributed by atoms with Crippen molar-refractivity contribution in [3.8, 4) is 11.5 Å². The predicted octanol–water partition coefficient (Wildman–Crippen LogP) is 4.58. The van der Waals surface area contributed by atoms with E-state index in [4.69, 9.17) is 9.47 Å². The number of carbonyl (C=O) groups excluding carboxylic acids is 1. The third-order valence-electron chi connectivity index (χ3n) is 5.01. The number of nitrogens with one attached hydrogen (secondary N) is 2. The van der Waals surface area contributed by atoms with Crippen LogP contribution in [0.25, 0.3) is 0 Å². The zero-order valence-electron chi connectivity index (χ0n) is 14.9. The number of hydrogen-bond acceptors (Lipinski definition) is 4. The van der Waals surface area contributed by atoms with Crippen molar-refractivity contribution in [1.82, 2.24) is 0 Å². The minimum absolute atomic E-state index is 0.0217. The van der Waals surface area contributed by atoms with E-state index in [-0.39, 0.29) is 24.4 Å². The second-order valence-electron chi connectivity index (χ2n) is 6.87. The Morgan fingerprint density at radius 3 is 2.61 bits per heavy atom. The molecule has 3 aromatic carbocycles. The minimum atomic E-state index is -0.287. The summed E-state index contributed by atoms with van der Waals surface area (Å²) < 4.78 is 23.9. The second-order valence-corrected chi connectivity index (χ2v) is 6.87. The van der Waals surface area contributed by atoms with Crippen molar-refractivity contribution < 1.29 is 18.7 Å². The fourth-order valence-electron chi connectivity index (χ4n) is 3.61. The van der Waals surface area contributed by atoms with Gasteiger partial charge in [0.05, 0.1) is 5.92 Å². The quantitative estimate of drug-likeness (QED) is 0.700. The molecule has 1 atom stereocenters. The van der Waals surface area contributed by atoms with Crippen molar-refractivity contribution in [2.24, 2.45) is 0 Å². The lowest BCUT2D eigenvalue weighted by molar-refractivity contribution is -0.117. The molecule has 6 heteroatoms. The first-order chi connectivity index (χ1) is 13.7. The van der Waals surface area contributed by atoms with E-state index in [0.29, 0.717) is 12.2 Å². The van der Waals surface area contributed by atoms with Gasteiger partial charge in [-0.05, 0) is 72.1 Å². The fourth-order valence-corrected chi connectivity index (χ4v) is 3.61. The average molecular weight is 376 g/mol. The second kappa shape index (κ2) is 6.56. The Bertz CT molecular complexity index is 1070. The zero-order valence-corrected chi connectivity index (χ0v) is 14.9. The van der Waals surface area contributed by atoms with Crippen LogP contribution in [0.4, 0.5) is 21.5 Å². The molecule has 28 heavy (non-hydrogen) atoms. The van der Waals surface area contributed by atoms with E-state index in [1.54, 1.807) is 12.1 Å². The van der Waals surface area contributed by atoms with Gasteiger partial charge in [0.25, 0.3) is 0 Å². The van der Waals surface area contributed by atoms with Crippen molar-refractivity contribution in [3.05, 3.63) is 77.6 Å². The summed E-state index contributed by atoms with van der Waals surface area (Å²) in [5, 5.41) is 6.20. The first kappa shape index (κ1) is 16.6. The molecule has 0 radical (unpaired) electrons. The number of anilines is 3. The smallest absolute Gasteiger partial charge is 0.232 e. The average Bonchev–Trinajstić information content (AvgIpc) is 3.28. The maximum atomic E-state index is 13.1. The number of benzene rings is 3. The van der Waals surface area contributed by atoms with Gasteiger partial charge in [0, 0.05) is 17.1 Å². The van der Waals surface area contributed by atoms with Gasteiger partial charge in [-0.2, -0.15) is 0 Å². The van der Waals surface area contributed by atoms with Gasteiger partial charge in [-0.1, -0.05) is 6.07 Å². The first-order valence-corrected chi connectivity index (χ1v) is 9.02. The molecule has 0 bridgehead atoms. The normalized spacial score (nSPS) is 16.6. The van der Waals surface area contributed by atoms with Crippen LogP contribution in [0.1, 0.15) is 17.0 Å². The van der Waals surface area contributed by atoms with E-state index < -0.39 is 0 Å². The molecule has 3 aromatic rings. The van der Waals surface area contributed by atoms with Gasteiger partial charge < -0.3 is 20.1 Å². The number of ether oxygens (including phenoxy) is 2. The molecule has 0 saturated heterocycles. The van der Waals surface area contributed by atoms with Gasteiger partial charge in [0.2, 0.25) is 12.7 Å². The van der Waals surface area contributed by atoms with Crippen molar-refractivity contribution in [2.45, 2.75) is 12.3 Å². The molecule has 0 saturated carbocycles. The molecule has 140 valence electrons. The molecule has 1 amide bonds. The van der Waals surface area contributed by atoms with Crippen LogP contribution in [-0.2, 0) is 11.2 Å². The topological polar surface area (TPSA) is 59.6 Å². The SMILES string of the molecule is O=C1Nc2ccc(Nc3ccc(F)cc3)cc2C1Cc1ccc2c(c1)OCO2. The summed E-state index contributed by atoms with van der Waals surface area (Å²) in [6.07, 6.45) is 0.565. The van der Waals surface area contributed by atoms with E-state index >= 15 is 0 Å². The summed E-state index contributed by atoms with van der Waals surface area (Å²) in [4.78, 5) is 12.5. The Balaban J connectivity index is 1.40. The van der Waals surface area contributed by atoms with Gasteiger partial charge in [0.1, 0.15) is 5.82 Å². The third kappa shape index (κ3) is 3.03. The third-order valence-corrected chi connectivity index (χ3v) is 5.01. The van der Waals surface area contributed by atoms with Crippen molar-refractivity contribution in [2.75, 3.05) is 17.4 Å². The van der Waals surface area contributed by atoms with Crippen LogP contribution in [0, 0.1) is 5.82 Å². The van der Waals surface area contributed by atoms with Gasteiger partial charge in [-0.15, -0.1) is 0 Å². The van der Waals surface area contributed by atoms with Gasteiger partial charge in [0.15, 0.2) is 11.5 Å². The van der Waals surface area contributed by atoms with Crippen LogP contribution in [0.3, 0.4) is 0 Å². The zero-order chi connectivity index (χ0) is 19.1. The number of hydrogen-bond donors (Lipinski definition) is 2. The van der Waals surface area contributed by atoms with Crippen molar-refractivity contribution in [3.63, 3.8) is 0 Å². The van der Waals surface area contributed by atoms with Gasteiger partial charge >= 0.3 is 0 Å². The van der Waals surface area contributed by atoms with Crippen molar-refractivity contribution in [1.29, 1.82) is 0 Å². The van der Waals surface area contributed by atoms with E-state index in [9.17, 15) is 9.18 Å². The van der Waals surface area contributed by atoms with E-state index in [2.05, 4.69) is 10.6 Å². The van der Waals surface area contributed by atoms with Crippen LogP contribution >= 0.6 is 0 Å². The summed E-state index contributed by atoms with van der Waals surface area (Å²) in [5.41, 5.74) is 4.40. The number of rotatable bonds is 4. The van der Waals surface area contributed by atoms with Gasteiger partial charge in [-0.25, -0.2) is 4.39 Å². The summed E-state index contributed by atoms with van der Waals surface area (Å²) in [6, 6.07) is 17.7. The maximum absolute atomic E-state index is 13.1. The highest BCUT2D eigenvalue weighted by Crippen LogP contribution is 2.39. The highest BCUT2D eigenvalue weighted by atomic mass is 19.1. The Morgan fingerprint density at radius 2 is 1.75 bits per heavy atom. The Kier molecular flexibility index (Phi) is 3.90. The summed E-state index contributed by atoms with van der Waals surface area (Å²) >= 11 is 0. The number of amides is 1. The fraction of sp³-hybridized carbons (Fsp3) is 0.136. The molecule has 0 spiro atoms. The molecular formula is C22H17FN2O3. The maximum Gasteiger partial charge on any atom is 0.232 e. The minimum Gasteiger partial charge on any atom is -0.454 e. The first-order valence-electron chi connectivity index (χ1n) is 9.02. The van der Waals surface area contributed by atoms with Gasteiger partial charge in [-0.3, -0.25) is 4.79 Å². The van der Waals surface area contributed by atoms with E-state index in [1.807, 2.05) is 36.4 Å². The predicted molar refractivity (Wildman–Crippen MR) is 104 cm³/mol. The standard InChI is InChI=1S/C22H17FN2O3/c23-14-2-4-15(5-3-14)24-16-6-7-19-17(11-16)18(22(26)25-19)9-13-1-8-20-21(10-13)28-12-27-20/h1-8,10-11,18,24H,9,12H2,(H,25,26). The lowest BCUT2D eigenvalue weighted by atomic mass is 9.92. The molecule has 0 aliphatic carbocycles. The largest absolute Gasteiger partial charge is 0.454 e. The van der Waals surface area contributed by atoms with Crippen LogP contribution in [-0.4, -0.2) is 12.7 Å². The van der Waals surface area contributed by atoms with Crippen molar-refractivity contribution >= 4 is 23.0 Å². The molecule has 2 aliphatic rings.